The molecule has 1 aliphatic heterocycles. The van der Waals surface area contributed by atoms with Gasteiger partial charge in [0.1, 0.15) is 17.2 Å². The average molecular weight is 453 g/mol. The van der Waals surface area contributed by atoms with Crippen molar-refractivity contribution >= 4 is 23.5 Å². The van der Waals surface area contributed by atoms with E-state index in [1.54, 1.807) is 0 Å². The fourth-order valence-electron chi connectivity index (χ4n) is 3.11. The number of likely N-dealkylation sites (tertiary alicyclic amines) is 1. The number of primary amides is 1. The lowest BCUT2D eigenvalue weighted by molar-refractivity contribution is -0.123. The average Bonchev–Trinajstić information content (AvgIpc) is 3.21. The number of likely N-dealkylation sites (N-methyl/N-ethyl adjacent to an activating group) is 1. The predicted molar refractivity (Wildman–Crippen MR) is 111 cm³/mol. The van der Waals surface area contributed by atoms with Crippen molar-refractivity contribution in [3.8, 4) is 0 Å². The molecule has 1 unspecified atom stereocenters. The third-order valence-corrected chi connectivity index (χ3v) is 4.83. The normalized spacial score (nSPS) is 17.3. The molecule has 1 amide bonds. The molecule has 0 radical (unpaired) electrons. The second kappa shape index (κ2) is 10.8. The highest BCUT2D eigenvalue weighted by molar-refractivity contribution is 6.10. The Morgan fingerprint density at radius 2 is 1.94 bits per heavy atom. The number of benzene rings is 1. The summed E-state index contributed by atoms with van der Waals surface area (Å²) in [5.74, 6) is -1.30. The topological polar surface area (TPSA) is 116 Å². The number of carbonyl (C=O) groups excluding carboxylic acids is 2. The lowest BCUT2D eigenvalue weighted by Crippen LogP contribution is -2.45. The molecule has 7 nitrogen and oxygen atoms in total. The number of amides is 1. The van der Waals surface area contributed by atoms with Gasteiger partial charge in [0.2, 0.25) is 5.91 Å². The summed E-state index contributed by atoms with van der Waals surface area (Å²) in [6.45, 7) is 1.01. The molecule has 0 bridgehead atoms. The van der Waals surface area contributed by atoms with Gasteiger partial charge >= 0.3 is 6.18 Å². The van der Waals surface area contributed by atoms with Gasteiger partial charge in [0.05, 0.1) is 23.6 Å². The van der Waals surface area contributed by atoms with Crippen LogP contribution in [0.3, 0.4) is 0 Å². The molecule has 3 rings (SSSR count). The minimum absolute atomic E-state index is 0.00579. The summed E-state index contributed by atoms with van der Waals surface area (Å²) >= 11 is 0. The van der Waals surface area contributed by atoms with E-state index in [1.165, 1.54) is 18.6 Å². The third kappa shape index (κ3) is 6.84. The first-order chi connectivity index (χ1) is 15.0. The molecule has 0 aliphatic carbocycles. The highest BCUT2D eigenvalue weighted by Gasteiger charge is 2.37. The number of aromatic amines is 1. The van der Waals surface area contributed by atoms with Gasteiger partial charge in [-0.15, -0.1) is 0 Å². The lowest BCUT2D eigenvalue weighted by atomic mass is 10.0. The van der Waals surface area contributed by atoms with Gasteiger partial charge in [-0.3, -0.25) is 14.5 Å². The molecular formula is C21H23F4N5O2. The Kier molecular flexibility index (Phi) is 8.41. The summed E-state index contributed by atoms with van der Waals surface area (Å²) in [5.41, 5.74) is 3.52. The number of nitrogens with one attached hydrogen (secondary N) is 2. The van der Waals surface area contributed by atoms with Gasteiger partial charge in [0.25, 0.3) is 0 Å². The van der Waals surface area contributed by atoms with Gasteiger partial charge in [-0.25, -0.2) is 9.37 Å². The van der Waals surface area contributed by atoms with E-state index in [-0.39, 0.29) is 23.2 Å². The van der Waals surface area contributed by atoms with Crippen molar-refractivity contribution in [3.63, 3.8) is 0 Å². The Balaban J connectivity index is 0.000000303. The minimum atomic E-state index is -4.77. The molecule has 1 fully saturated rings. The number of allylic oxidation sites excluding steroid dienone is 2. The standard InChI is InChI=1S/C14H9F4N3O.C7H14N2O/c15-9-3-1-8(2-4-9)12(19)5-11(14(16,17)18)13-20-6-10(7-22)21-13;1-9-5-3-2-4-6(9)7(8)10/h1-7,19H,(H,20,21);6H,2-5H2,1H3,(H2,8,10)/b11-5+,19-12?;. The summed E-state index contributed by atoms with van der Waals surface area (Å²) in [6.07, 6.45) is 0.355. The molecule has 0 spiro atoms. The smallest absolute Gasteiger partial charge is 0.368 e. The number of nitrogens with two attached hydrogens (primary N) is 1. The second-order valence-electron chi connectivity index (χ2n) is 7.18. The second-order valence-corrected chi connectivity index (χ2v) is 7.18. The number of H-pyrrole nitrogens is 1. The van der Waals surface area contributed by atoms with Crippen molar-refractivity contribution in [1.82, 2.24) is 14.9 Å². The zero-order valence-electron chi connectivity index (χ0n) is 17.2. The Morgan fingerprint density at radius 1 is 1.28 bits per heavy atom. The molecule has 2 heterocycles. The van der Waals surface area contributed by atoms with Gasteiger partial charge in [0, 0.05) is 0 Å². The van der Waals surface area contributed by atoms with Crippen molar-refractivity contribution in [2.24, 2.45) is 5.73 Å². The number of halogens is 4. The van der Waals surface area contributed by atoms with E-state index in [2.05, 4.69) is 9.97 Å². The molecule has 4 N–H and O–H groups in total. The first-order valence-corrected chi connectivity index (χ1v) is 9.66. The first kappa shape index (κ1) is 24.9. The van der Waals surface area contributed by atoms with Crippen LogP contribution in [0, 0.1) is 11.2 Å². The van der Waals surface area contributed by atoms with E-state index in [9.17, 15) is 27.2 Å². The van der Waals surface area contributed by atoms with Crippen LogP contribution in [0.2, 0.25) is 0 Å². The maximum absolute atomic E-state index is 13.1. The van der Waals surface area contributed by atoms with E-state index < -0.39 is 29.1 Å². The summed E-state index contributed by atoms with van der Waals surface area (Å²) in [6, 6.07) is 4.47. The summed E-state index contributed by atoms with van der Waals surface area (Å²) < 4.78 is 52.1. The quantitative estimate of drug-likeness (QED) is 0.366. The molecule has 1 aliphatic rings. The van der Waals surface area contributed by atoms with Crippen LogP contribution in [0.1, 0.15) is 41.1 Å². The molecule has 1 aromatic carbocycles. The van der Waals surface area contributed by atoms with Gasteiger partial charge in [-0.2, -0.15) is 13.2 Å². The lowest BCUT2D eigenvalue weighted by Gasteiger charge is -2.29. The van der Waals surface area contributed by atoms with Crippen molar-refractivity contribution < 1.29 is 27.2 Å². The number of carbonyl (C=O) groups is 2. The molecule has 0 saturated carbocycles. The van der Waals surface area contributed by atoms with Crippen LogP contribution in [-0.4, -0.2) is 58.6 Å². The maximum Gasteiger partial charge on any atom is 0.420 e. The van der Waals surface area contributed by atoms with E-state index in [1.807, 2.05) is 11.9 Å². The Labute approximate surface area is 181 Å². The van der Waals surface area contributed by atoms with Crippen LogP contribution in [0.4, 0.5) is 17.6 Å². The van der Waals surface area contributed by atoms with Crippen molar-refractivity contribution in [2.75, 3.05) is 13.6 Å². The Morgan fingerprint density at radius 3 is 2.41 bits per heavy atom. The molecule has 1 aromatic heterocycles. The van der Waals surface area contributed by atoms with Crippen LogP contribution < -0.4 is 5.73 Å². The number of piperidine rings is 1. The van der Waals surface area contributed by atoms with E-state index in [4.69, 9.17) is 11.1 Å². The predicted octanol–water partition coefficient (Wildman–Crippen LogP) is 3.33. The van der Waals surface area contributed by atoms with Crippen molar-refractivity contribution in [3.05, 3.63) is 59.4 Å². The third-order valence-electron chi connectivity index (χ3n) is 4.83. The fourth-order valence-corrected chi connectivity index (χ4v) is 3.11. The molecule has 1 saturated heterocycles. The number of alkyl halides is 3. The van der Waals surface area contributed by atoms with Crippen LogP contribution >= 0.6 is 0 Å². The van der Waals surface area contributed by atoms with Crippen LogP contribution in [0.25, 0.3) is 5.57 Å². The zero-order chi connectivity index (χ0) is 23.9. The fraction of sp³-hybridized carbons (Fsp3) is 0.333. The number of imidazole rings is 1. The largest absolute Gasteiger partial charge is 0.420 e. The minimum Gasteiger partial charge on any atom is -0.368 e. The van der Waals surface area contributed by atoms with Crippen molar-refractivity contribution in [2.45, 2.75) is 31.5 Å². The molecule has 1 atom stereocenters. The summed E-state index contributed by atoms with van der Waals surface area (Å²) in [4.78, 5) is 29.0. The number of aromatic nitrogens is 2. The maximum atomic E-state index is 13.1. The SMILES string of the molecule is CN1CCCCC1C(N)=O.N=C(/C=C(\c1ncc(C=O)[nH]1)C(F)(F)F)c1ccc(F)cc1. The number of aldehydes is 1. The molecule has 2 aromatic rings. The van der Waals surface area contributed by atoms with Crippen LogP contribution in [-0.2, 0) is 4.79 Å². The van der Waals surface area contributed by atoms with Crippen molar-refractivity contribution in [1.29, 1.82) is 5.41 Å². The molecule has 32 heavy (non-hydrogen) atoms. The Hall–Kier alpha value is -3.34. The monoisotopic (exact) mass is 453 g/mol. The number of hydrogen-bond donors (Lipinski definition) is 3. The highest BCUT2D eigenvalue weighted by atomic mass is 19.4. The molecular weight excluding hydrogens is 430 g/mol. The van der Waals surface area contributed by atoms with E-state index in [0.29, 0.717) is 12.4 Å². The number of rotatable bonds is 5. The molecule has 11 heteroatoms. The van der Waals surface area contributed by atoms with Crippen LogP contribution in [0.15, 0.2) is 36.5 Å². The van der Waals surface area contributed by atoms with E-state index in [0.717, 1.165) is 37.7 Å². The summed E-state index contributed by atoms with van der Waals surface area (Å²) in [7, 11) is 1.95. The first-order valence-electron chi connectivity index (χ1n) is 9.66. The Bertz CT molecular complexity index is 983. The van der Waals surface area contributed by atoms with Gasteiger partial charge in [0.15, 0.2) is 6.29 Å². The van der Waals surface area contributed by atoms with Crippen LogP contribution in [0.5, 0.6) is 0 Å². The highest BCUT2D eigenvalue weighted by Crippen LogP contribution is 2.32. The number of nitrogens with zero attached hydrogens (tertiary/aromatic N) is 2. The van der Waals surface area contributed by atoms with Gasteiger partial charge in [-0.05, 0) is 62.3 Å². The van der Waals surface area contributed by atoms with E-state index >= 15 is 0 Å². The van der Waals surface area contributed by atoms with Gasteiger partial charge < -0.3 is 16.1 Å². The number of hydrogen-bond acceptors (Lipinski definition) is 5. The van der Waals surface area contributed by atoms with Gasteiger partial charge in [-0.1, -0.05) is 6.42 Å². The molecule has 172 valence electrons. The zero-order valence-corrected chi connectivity index (χ0v) is 17.2. The summed E-state index contributed by atoms with van der Waals surface area (Å²) in [5, 5.41) is 7.70.